The predicted molar refractivity (Wildman–Crippen MR) is 80.8 cm³/mol. The van der Waals surface area contributed by atoms with Crippen molar-refractivity contribution in [1.82, 2.24) is 19.2 Å². The second-order valence-corrected chi connectivity index (χ2v) is 5.95. The number of nitrogens with one attached hydrogen (secondary N) is 1. The number of aromatic nitrogens is 4. The molecule has 0 bridgehead atoms. The molecule has 0 saturated heterocycles. The van der Waals surface area contributed by atoms with Crippen molar-refractivity contribution >= 4 is 11.5 Å². The van der Waals surface area contributed by atoms with Crippen molar-refractivity contribution in [2.24, 2.45) is 7.05 Å². The van der Waals surface area contributed by atoms with Gasteiger partial charge in [0.25, 0.3) is 0 Å². The molecule has 0 radical (unpaired) electrons. The largest absolute Gasteiger partial charge is 0.365 e. The van der Waals surface area contributed by atoms with Crippen molar-refractivity contribution in [1.29, 1.82) is 0 Å². The monoisotopic (exact) mass is 269 g/mol. The molecule has 0 saturated carbocycles. The lowest BCUT2D eigenvalue weighted by Crippen LogP contribution is -2.27. The number of imidazole rings is 1. The summed E-state index contributed by atoms with van der Waals surface area (Å²) in [6, 6.07) is 8.00. The third-order valence-corrected chi connectivity index (χ3v) is 3.09. The molecule has 0 aromatic carbocycles. The highest BCUT2D eigenvalue weighted by molar-refractivity contribution is 5.74. The number of rotatable bonds is 2. The third-order valence-electron chi connectivity index (χ3n) is 3.09. The summed E-state index contributed by atoms with van der Waals surface area (Å²) in [6.45, 7) is 6.42. The van der Waals surface area contributed by atoms with Crippen LogP contribution in [0.15, 0.2) is 36.7 Å². The maximum Gasteiger partial charge on any atom is 0.140 e. The number of fused-ring (bicyclic) bond motifs is 1. The van der Waals surface area contributed by atoms with Crippen LogP contribution in [0.1, 0.15) is 20.8 Å². The van der Waals surface area contributed by atoms with Gasteiger partial charge in [-0.1, -0.05) is 6.07 Å². The number of anilines is 1. The highest BCUT2D eigenvalue weighted by atomic mass is 15.3. The van der Waals surface area contributed by atoms with Gasteiger partial charge in [0.05, 0.1) is 5.69 Å². The van der Waals surface area contributed by atoms with Gasteiger partial charge >= 0.3 is 0 Å². The van der Waals surface area contributed by atoms with E-state index in [4.69, 9.17) is 4.98 Å². The quantitative estimate of drug-likeness (QED) is 0.778. The second-order valence-electron chi connectivity index (χ2n) is 5.95. The molecule has 5 nitrogen and oxygen atoms in total. The van der Waals surface area contributed by atoms with Crippen LogP contribution in [-0.2, 0) is 7.05 Å². The summed E-state index contributed by atoms with van der Waals surface area (Å²) >= 11 is 0. The Bertz CT molecular complexity index is 745. The molecule has 0 spiro atoms. The zero-order valence-electron chi connectivity index (χ0n) is 12.3. The molecule has 3 aromatic heterocycles. The minimum Gasteiger partial charge on any atom is -0.365 e. The van der Waals surface area contributed by atoms with Gasteiger partial charge in [-0.05, 0) is 39.0 Å². The topological polar surface area (TPSA) is 47.2 Å². The lowest BCUT2D eigenvalue weighted by Gasteiger charge is -2.22. The molecule has 104 valence electrons. The van der Waals surface area contributed by atoms with Gasteiger partial charge in [-0.2, -0.15) is 5.10 Å². The van der Waals surface area contributed by atoms with Gasteiger partial charge in [-0.3, -0.25) is 9.08 Å². The van der Waals surface area contributed by atoms with E-state index in [1.54, 1.807) is 6.20 Å². The summed E-state index contributed by atoms with van der Waals surface area (Å²) in [5, 5.41) is 7.79. The van der Waals surface area contributed by atoms with Crippen LogP contribution >= 0.6 is 0 Å². The van der Waals surface area contributed by atoms with Gasteiger partial charge < -0.3 is 5.32 Å². The lowest BCUT2D eigenvalue weighted by atomic mass is 10.1. The SMILES string of the molecule is Cn1nccc1-c1nc2ccccn2c1NC(C)(C)C. The average Bonchev–Trinajstić information content (AvgIpc) is 2.92. The summed E-state index contributed by atoms with van der Waals surface area (Å²) in [7, 11) is 1.93. The van der Waals surface area contributed by atoms with E-state index in [-0.39, 0.29) is 5.54 Å². The minimum absolute atomic E-state index is 0.0425. The van der Waals surface area contributed by atoms with Crippen molar-refractivity contribution in [3.8, 4) is 11.4 Å². The van der Waals surface area contributed by atoms with Crippen molar-refractivity contribution in [2.75, 3.05) is 5.32 Å². The van der Waals surface area contributed by atoms with Gasteiger partial charge in [-0.15, -0.1) is 0 Å². The Labute approximate surface area is 118 Å². The first-order valence-corrected chi connectivity index (χ1v) is 6.69. The molecular formula is C15H19N5. The molecular weight excluding hydrogens is 250 g/mol. The highest BCUT2D eigenvalue weighted by Crippen LogP contribution is 2.30. The molecule has 0 unspecified atom stereocenters. The zero-order chi connectivity index (χ0) is 14.3. The molecule has 0 amide bonds. The van der Waals surface area contributed by atoms with E-state index in [0.717, 1.165) is 22.9 Å². The first-order valence-electron chi connectivity index (χ1n) is 6.69. The number of aryl methyl sites for hydroxylation is 1. The van der Waals surface area contributed by atoms with E-state index in [1.807, 2.05) is 42.2 Å². The normalized spacial score (nSPS) is 12.0. The van der Waals surface area contributed by atoms with E-state index >= 15 is 0 Å². The van der Waals surface area contributed by atoms with Crippen LogP contribution in [0.5, 0.6) is 0 Å². The van der Waals surface area contributed by atoms with Crippen molar-refractivity contribution in [3.05, 3.63) is 36.7 Å². The van der Waals surface area contributed by atoms with E-state index in [0.29, 0.717) is 0 Å². The summed E-state index contributed by atoms with van der Waals surface area (Å²) in [5.41, 5.74) is 2.81. The Morgan fingerprint density at radius 1 is 1.15 bits per heavy atom. The summed E-state index contributed by atoms with van der Waals surface area (Å²) in [5.74, 6) is 0.997. The van der Waals surface area contributed by atoms with Crippen LogP contribution in [0.25, 0.3) is 17.0 Å². The van der Waals surface area contributed by atoms with Crippen LogP contribution in [0.4, 0.5) is 5.82 Å². The van der Waals surface area contributed by atoms with Gasteiger partial charge in [0, 0.05) is 25.0 Å². The van der Waals surface area contributed by atoms with E-state index < -0.39 is 0 Å². The number of hydrogen-bond acceptors (Lipinski definition) is 3. The molecule has 0 fully saturated rings. The smallest absolute Gasteiger partial charge is 0.140 e. The Morgan fingerprint density at radius 3 is 2.60 bits per heavy atom. The molecule has 3 aromatic rings. The lowest BCUT2D eigenvalue weighted by molar-refractivity contribution is 0.629. The molecule has 0 atom stereocenters. The number of hydrogen-bond donors (Lipinski definition) is 1. The summed E-state index contributed by atoms with van der Waals surface area (Å²) in [6.07, 6.45) is 3.82. The van der Waals surface area contributed by atoms with Crippen LogP contribution in [0.2, 0.25) is 0 Å². The van der Waals surface area contributed by atoms with Crippen LogP contribution in [-0.4, -0.2) is 24.7 Å². The highest BCUT2D eigenvalue weighted by Gasteiger charge is 2.20. The first kappa shape index (κ1) is 12.7. The molecule has 5 heteroatoms. The Hall–Kier alpha value is -2.30. The van der Waals surface area contributed by atoms with Crippen LogP contribution < -0.4 is 5.32 Å². The van der Waals surface area contributed by atoms with Gasteiger partial charge in [0.1, 0.15) is 17.2 Å². The molecule has 0 aliphatic carbocycles. The first-order chi connectivity index (χ1) is 9.46. The fourth-order valence-electron chi connectivity index (χ4n) is 2.26. The van der Waals surface area contributed by atoms with Crippen molar-refractivity contribution < 1.29 is 0 Å². The van der Waals surface area contributed by atoms with Gasteiger partial charge in [0.2, 0.25) is 0 Å². The minimum atomic E-state index is -0.0425. The van der Waals surface area contributed by atoms with Crippen molar-refractivity contribution in [2.45, 2.75) is 26.3 Å². The van der Waals surface area contributed by atoms with Gasteiger partial charge in [-0.25, -0.2) is 4.98 Å². The van der Waals surface area contributed by atoms with E-state index in [1.165, 1.54) is 0 Å². The number of pyridine rings is 1. The molecule has 3 rings (SSSR count). The Balaban J connectivity index is 2.25. The zero-order valence-corrected chi connectivity index (χ0v) is 12.3. The summed E-state index contributed by atoms with van der Waals surface area (Å²) < 4.78 is 3.92. The van der Waals surface area contributed by atoms with Crippen molar-refractivity contribution in [3.63, 3.8) is 0 Å². The molecule has 1 N–H and O–H groups in total. The third kappa shape index (κ3) is 2.15. The van der Waals surface area contributed by atoms with Gasteiger partial charge in [0.15, 0.2) is 0 Å². The second kappa shape index (κ2) is 4.37. The maximum atomic E-state index is 4.74. The molecule has 20 heavy (non-hydrogen) atoms. The maximum absolute atomic E-state index is 4.74. The Morgan fingerprint density at radius 2 is 1.95 bits per heavy atom. The molecule has 0 aliphatic heterocycles. The fraction of sp³-hybridized carbons (Fsp3) is 0.333. The summed E-state index contributed by atoms with van der Waals surface area (Å²) in [4.78, 5) is 4.74. The molecule has 0 aliphatic rings. The fourth-order valence-corrected chi connectivity index (χ4v) is 2.26. The van der Waals surface area contributed by atoms with Crippen LogP contribution in [0.3, 0.4) is 0 Å². The average molecular weight is 269 g/mol. The standard InChI is InChI=1S/C15H19N5/c1-15(2,3)18-14-13(11-8-9-16-19(11)4)17-12-7-5-6-10-20(12)14/h5-10,18H,1-4H3. The predicted octanol–water partition coefficient (Wildman–Crippen LogP) is 2.95. The Kier molecular flexibility index (Phi) is 2.78. The van der Waals surface area contributed by atoms with E-state index in [9.17, 15) is 0 Å². The van der Waals surface area contributed by atoms with Crippen LogP contribution in [0, 0.1) is 0 Å². The molecule has 3 heterocycles. The van der Waals surface area contributed by atoms with E-state index in [2.05, 4.69) is 35.6 Å². The number of nitrogens with zero attached hydrogens (tertiary/aromatic N) is 4.